The Bertz CT molecular complexity index is 546. The van der Waals surface area contributed by atoms with E-state index in [0.717, 1.165) is 45.1 Å². The molecule has 2 saturated heterocycles. The number of aliphatic carboxylic acids is 1. The van der Waals surface area contributed by atoms with Crippen LogP contribution in [-0.2, 0) is 4.79 Å². The minimum Gasteiger partial charge on any atom is -0.480 e. The van der Waals surface area contributed by atoms with Crippen molar-refractivity contribution in [2.24, 2.45) is 5.41 Å². The second-order valence-electron chi connectivity index (χ2n) is 6.15. The van der Waals surface area contributed by atoms with E-state index in [1.54, 1.807) is 0 Å². The molecule has 1 atom stereocenters. The molecule has 0 bridgehead atoms. The van der Waals surface area contributed by atoms with Crippen molar-refractivity contribution in [1.82, 2.24) is 4.90 Å². The van der Waals surface area contributed by atoms with E-state index in [9.17, 15) is 13.6 Å². The minimum absolute atomic E-state index is 0.0538. The summed E-state index contributed by atoms with van der Waals surface area (Å²) in [4.78, 5) is 14.7. The molecule has 0 aliphatic carbocycles. The summed E-state index contributed by atoms with van der Waals surface area (Å²) < 4.78 is 26.6. The Kier molecular flexibility index (Phi) is 3.57. The highest BCUT2D eigenvalue weighted by molar-refractivity contribution is 5.69. The van der Waals surface area contributed by atoms with Crippen LogP contribution in [0.5, 0.6) is 0 Å². The number of benzene rings is 1. The Labute approximate surface area is 122 Å². The van der Waals surface area contributed by atoms with Crippen LogP contribution in [0, 0.1) is 17.0 Å². The number of halogens is 2. The van der Waals surface area contributed by atoms with Gasteiger partial charge in [0.2, 0.25) is 0 Å². The Morgan fingerprint density at radius 1 is 1.14 bits per heavy atom. The molecule has 0 aromatic heterocycles. The van der Waals surface area contributed by atoms with Gasteiger partial charge in [0.1, 0.15) is 11.6 Å². The number of carboxylic acid groups (broad SMARTS) is 1. The van der Waals surface area contributed by atoms with Crippen molar-refractivity contribution in [3.63, 3.8) is 0 Å². The molecule has 1 N–H and O–H groups in total. The number of hydrogen-bond donors (Lipinski definition) is 1. The molecule has 2 aliphatic heterocycles. The van der Waals surface area contributed by atoms with Crippen LogP contribution < -0.4 is 4.90 Å². The molecule has 1 unspecified atom stereocenters. The van der Waals surface area contributed by atoms with Crippen molar-refractivity contribution in [3.8, 4) is 0 Å². The summed E-state index contributed by atoms with van der Waals surface area (Å²) in [7, 11) is 0. The lowest BCUT2D eigenvalue weighted by Crippen LogP contribution is -2.33. The largest absolute Gasteiger partial charge is 0.480 e. The summed E-state index contributed by atoms with van der Waals surface area (Å²) in [6.07, 6.45) is 1.87. The van der Waals surface area contributed by atoms with E-state index in [-0.39, 0.29) is 12.0 Å². The quantitative estimate of drug-likeness (QED) is 0.926. The molecule has 3 rings (SSSR count). The van der Waals surface area contributed by atoms with Crippen molar-refractivity contribution >= 4 is 11.7 Å². The zero-order valence-corrected chi connectivity index (χ0v) is 11.7. The zero-order chi connectivity index (χ0) is 15.0. The third-order valence-electron chi connectivity index (χ3n) is 4.53. The predicted molar refractivity (Wildman–Crippen MR) is 74.3 cm³/mol. The van der Waals surface area contributed by atoms with Crippen LogP contribution in [-0.4, -0.2) is 48.7 Å². The first-order valence-corrected chi connectivity index (χ1v) is 7.11. The average Bonchev–Trinajstić information content (AvgIpc) is 2.96. The lowest BCUT2D eigenvalue weighted by Gasteiger charge is -2.25. The van der Waals surface area contributed by atoms with Gasteiger partial charge >= 0.3 is 5.97 Å². The fourth-order valence-electron chi connectivity index (χ4n) is 3.56. The number of rotatable bonds is 3. The number of carbonyl (C=O) groups is 1. The summed E-state index contributed by atoms with van der Waals surface area (Å²) in [6.45, 7) is 3.07. The van der Waals surface area contributed by atoms with Crippen LogP contribution in [0.3, 0.4) is 0 Å². The highest BCUT2D eigenvalue weighted by Gasteiger charge is 2.43. The van der Waals surface area contributed by atoms with E-state index < -0.39 is 17.6 Å². The lowest BCUT2D eigenvalue weighted by atomic mass is 9.86. The van der Waals surface area contributed by atoms with Gasteiger partial charge in [0.25, 0.3) is 0 Å². The van der Waals surface area contributed by atoms with Gasteiger partial charge < -0.3 is 10.0 Å². The van der Waals surface area contributed by atoms with Gasteiger partial charge in [0.15, 0.2) is 0 Å². The molecule has 0 radical (unpaired) electrons. The second-order valence-corrected chi connectivity index (χ2v) is 6.15. The van der Waals surface area contributed by atoms with Crippen molar-refractivity contribution in [3.05, 3.63) is 29.8 Å². The molecule has 2 heterocycles. The standard InChI is InChI=1S/C15H18F2N2O2/c16-11-5-12(17)7-13(6-11)19-4-2-15(10-19)1-3-18(9-15)8-14(20)21/h5-7H,1-4,8-10H2,(H,20,21). The molecular weight excluding hydrogens is 278 g/mol. The van der Waals surface area contributed by atoms with E-state index in [0.29, 0.717) is 5.69 Å². The van der Waals surface area contributed by atoms with E-state index in [1.165, 1.54) is 12.1 Å². The Hall–Kier alpha value is -1.69. The van der Waals surface area contributed by atoms with Gasteiger partial charge in [-0.1, -0.05) is 0 Å². The summed E-state index contributed by atoms with van der Waals surface area (Å²) in [5.74, 6) is -1.94. The topological polar surface area (TPSA) is 43.8 Å². The van der Waals surface area contributed by atoms with Gasteiger partial charge in [-0.3, -0.25) is 9.69 Å². The smallest absolute Gasteiger partial charge is 0.317 e. The number of nitrogens with zero attached hydrogens (tertiary/aromatic N) is 2. The maximum atomic E-state index is 13.3. The molecule has 6 heteroatoms. The van der Waals surface area contributed by atoms with E-state index in [4.69, 9.17) is 5.11 Å². The van der Waals surface area contributed by atoms with Crippen LogP contribution in [0.15, 0.2) is 18.2 Å². The normalized spacial score (nSPS) is 25.9. The van der Waals surface area contributed by atoms with Gasteiger partial charge in [-0.2, -0.15) is 0 Å². The summed E-state index contributed by atoms with van der Waals surface area (Å²) >= 11 is 0. The third kappa shape index (κ3) is 3.00. The first kappa shape index (κ1) is 14.3. The lowest BCUT2D eigenvalue weighted by molar-refractivity contribution is -0.138. The molecule has 2 aliphatic rings. The van der Waals surface area contributed by atoms with Crippen LogP contribution in [0.25, 0.3) is 0 Å². The first-order valence-electron chi connectivity index (χ1n) is 7.11. The summed E-state index contributed by atoms with van der Waals surface area (Å²) in [6, 6.07) is 3.58. The predicted octanol–water partition coefficient (Wildman–Crippen LogP) is 1.95. The van der Waals surface area contributed by atoms with Crippen LogP contribution in [0.1, 0.15) is 12.8 Å². The third-order valence-corrected chi connectivity index (χ3v) is 4.53. The molecule has 0 saturated carbocycles. The molecule has 21 heavy (non-hydrogen) atoms. The second kappa shape index (κ2) is 5.26. The van der Waals surface area contributed by atoms with Gasteiger partial charge in [0.05, 0.1) is 6.54 Å². The molecule has 0 amide bonds. The minimum atomic E-state index is -0.811. The molecule has 4 nitrogen and oxygen atoms in total. The molecule has 1 aromatic rings. The van der Waals surface area contributed by atoms with Crippen molar-refractivity contribution < 1.29 is 18.7 Å². The highest BCUT2D eigenvalue weighted by Crippen LogP contribution is 2.41. The van der Waals surface area contributed by atoms with E-state index >= 15 is 0 Å². The molecule has 114 valence electrons. The SMILES string of the molecule is O=C(O)CN1CCC2(CCN(c3cc(F)cc(F)c3)C2)C1. The fraction of sp³-hybridized carbons (Fsp3) is 0.533. The molecule has 1 spiro atoms. The van der Waals surface area contributed by atoms with Crippen LogP contribution in [0.4, 0.5) is 14.5 Å². The van der Waals surface area contributed by atoms with Gasteiger partial charge in [-0.25, -0.2) is 8.78 Å². The van der Waals surface area contributed by atoms with Crippen LogP contribution in [0.2, 0.25) is 0 Å². The molecule has 1 aromatic carbocycles. The first-order chi connectivity index (χ1) is 9.96. The highest BCUT2D eigenvalue weighted by atomic mass is 19.1. The average molecular weight is 296 g/mol. The monoisotopic (exact) mass is 296 g/mol. The maximum absolute atomic E-state index is 13.3. The van der Waals surface area contributed by atoms with Gasteiger partial charge in [-0.05, 0) is 31.5 Å². The molecule has 2 fully saturated rings. The Morgan fingerprint density at radius 3 is 2.48 bits per heavy atom. The van der Waals surface area contributed by atoms with E-state index in [1.807, 2.05) is 9.80 Å². The van der Waals surface area contributed by atoms with Crippen LogP contribution >= 0.6 is 0 Å². The van der Waals surface area contributed by atoms with Crippen molar-refractivity contribution in [2.45, 2.75) is 12.8 Å². The van der Waals surface area contributed by atoms with Crippen molar-refractivity contribution in [2.75, 3.05) is 37.6 Å². The summed E-state index contributed by atoms with van der Waals surface area (Å²) in [5, 5.41) is 8.86. The fourth-order valence-corrected chi connectivity index (χ4v) is 3.56. The number of likely N-dealkylation sites (tertiary alicyclic amines) is 1. The van der Waals surface area contributed by atoms with Crippen molar-refractivity contribution in [1.29, 1.82) is 0 Å². The van der Waals surface area contributed by atoms with Gasteiger partial charge in [0, 0.05) is 36.8 Å². The number of carboxylic acids is 1. The van der Waals surface area contributed by atoms with Gasteiger partial charge in [-0.15, -0.1) is 0 Å². The molecular formula is C15H18F2N2O2. The summed E-state index contributed by atoms with van der Waals surface area (Å²) in [5.41, 5.74) is 0.624. The Morgan fingerprint density at radius 2 is 1.81 bits per heavy atom. The van der Waals surface area contributed by atoms with E-state index in [2.05, 4.69) is 0 Å². The number of anilines is 1. The zero-order valence-electron chi connectivity index (χ0n) is 11.7. The Balaban J connectivity index is 1.69. The number of hydrogen-bond acceptors (Lipinski definition) is 3. The maximum Gasteiger partial charge on any atom is 0.317 e.